The zero-order chi connectivity index (χ0) is 21.0. The zero-order valence-corrected chi connectivity index (χ0v) is 17.5. The second-order valence-corrected chi connectivity index (χ2v) is 9.09. The number of benzene rings is 2. The lowest BCUT2D eigenvalue weighted by Gasteiger charge is -2.28. The van der Waals surface area contributed by atoms with Gasteiger partial charge in [-0.3, -0.25) is 4.79 Å². The number of rotatable bonds is 6. The van der Waals surface area contributed by atoms with Gasteiger partial charge < -0.3 is 15.2 Å². The lowest BCUT2D eigenvalue weighted by atomic mass is 9.86. The van der Waals surface area contributed by atoms with Crippen LogP contribution in [0.4, 0.5) is 0 Å². The van der Waals surface area contributed by atoms with Crippen LogP contribution in [-0.2, 0) is 4.79 Å². The van der Waals surface area contributed by atoms with Crippen molar-refractivity contribution in [1.29, 1.82) is 0 Å². The van der Waals surface area contributed by atoms with Crippen molar-refractivity contribution in [1.82, 2.24) is 5.32 Å². The highest BCUT2D eigenvalue weighted by molar-refractivity contribution is 6.04. The Balaban J connectivity index is 1.91. The molecule has 1 fully saturated rings. The summed E-state index contributed by atoms with van der Waals surface area (Å²) in [6.07, 6.45) is 6.03. The highest BCUT2D eigenvalue weighted by Gasteiger charge is 2.33. The minimum Gasteiger partial charge on any atom is -0.492 e. The van der Waals surface area contributed by atoms with Crippen molar-refractivity contribution in [3.05, 3.63) is 42.0 Å². The molecular formula is C24H31NO4. The van der Waals surface area contributed by atoms with Crippen molar-refractivity contribution in [2.24, 2.45) is 11.3 Å². The molecular weight excluding hydrogens is 366 g/mol. The van der Waals surface area contributed by atoms with Gasteiger partial charge in [-0.1, -0.05) is 70.4 Å². The Kier molecular flexibility index (Phi) is 6.46. The molecule has 2 aromatic carbocycles. The number of aliphatic carboxylic acids is 1. The number of carboxylic acids is 1. The van der Waals surface area contributed by atoms with Crippen LogP contribution in [0.5, 0.6) is 5.75 Å². The zero-order valence-electron chi connectivity index (χ0n) is 17.5. The monoisotopic (exact) mass is 397 g/mol. The molecule has 1 aliphatic rings. The van der Waals surface area contributed by atoms with Crippen LogP contribution < -0.4 is 10.1 Å². The number of nitrogens with one attached hydrogen (secondary N) is 1. The second kappa shape index (κ2) is 8.85. The Labute approximate surface area is 172 Å². The van der Waals surface area contributed by atoms with Crippen LogP contribution in [0, 0.1) is 11.3 Å². The molecule has 156 valence electrons. The number of carbonyl (C=O) groups excluding carboxylic acids is 1. The number of ether oxygens (including phenoxy) is 1. The Hall–Kier alpha value is -2.56. The fourth-order valence-electron chi connectivity index (χ4n) is 3.99. The first kappa shape index (κ1) is 21.2. The first-order valence-corrected chi connectivity index (χ1v) is 10.5. The molecule has 3 rings (SSSR count). The molecule has 0 aromatic heterocycles. The average Bonchev–Trinajstić information content (AvgIpc) is 2.69. The molecule has 0 saturated heterocycles. The van der Waals surface area contributed by atoms with Gasteiger partial charge in [0.1, 0.15) is 11.8 Å². The van der Waals surface area contributed by atoms with Gasteiger partial charge in [0, 0.05) is 5.39 Å². The molecule has 2 aromatic rings. The third kappa shape index (κ3) is 5.08. The van der Waals surface area contributed by atoms with Gasteiger partial charge in [-0.2, -0.15) is 0 Å². The molecule has 0 spiro atoms. The maximum atomic E-state index is 13.1. The summed E-state index contributed by atoms with van der Waals surface area (Å²) in [5.74, 6) is -0.419. The summed E-state index contributed by atoms with van der Waals surface area (Å²) in [7, 11) is 0. The SMILES string of the molecule is CC(C)(C)[C@H](NC(=O)c1ccc2ccccc2c1OCC1CCCCC1)C(=O)O. The van der Waals surface area contributed by atoms with Gasteiger partial charge in [0.15, 0.2) is 0 Å². The van der Waals surface area contributed by atoms with Gasteiger partial charge in [-0.25, -0.2) is 4.79 Å². The molecule has 5 heteroatoms. The van der Waals surface area contributed by atoms with Crippen molar-refractivity contribution in [3.8, 4) is 5.75 Å². The van der Waals surface area contributed by atoms with Gasteiger partial charge in [-0.15, -0.1) is 0 Å². The van der Waals surface area contributed by atoms with Crippen LogP contribution in [0.25, 0.3) is 10.8 Å². The first-order chi connectivity index (χ1) is 13.8. The summed E-state index contributed by atoms with van der Waals surface area (Å²) in [6, 6.07) is 10.4. The summed E-state index contributed by atoms with van der Waals surface area (Å²) in [5.41, 5.74) is -0.225. The van der Waals surface area contributed by atoms with E-state index in [0.717, 1.165) is 23.6 Å². The second-order valence-electron chi connectivity index (χ2n) is 9.09. The molecule has 1 saturated carbocycles. The normalized spacial score (nSPS) is 16.4. The van der Waals surface area contributed by atoms with Gasteiger partial charge in [0.05, 0.1) is 12.2 Å². The van der Waals surface area contributed by atoms with Gasteiger partial charge in [-0.05, 0) is 35.6 Å². The van der Waals surface area contributed by atoms with E-state index in [1.54, 1.807) is 26.8 Å². The molecule has 2 N–H and O–H groups in total. The first-order valence-electron chi connectivity index (χ1n) is 10.5. The van der Waals surface area contributed by atoms with Crippen LogP contribution in [0.15, 0.2) is 36.4 Å². The predicted molar refractivity (Wildman–Crippen MR) is 114 cm³/mol. The number of fused-ring (bicyclic) bond motifs is 1. The number of carbonyl (C=O) groups is 2. The van der Waals surface area contributed by atoms with Gasteiger partial charge in [0.25, 0.3) is 5.91 Å². The molecule has 1 atom stereocenters. The van der Waals surface area contributed by atoms with Crippen molar-refractivity contribution < 1.29 is 19.4 Å². The fraction of sp³-hybridized carbons (Fsp3) is 0.500. The molecule has 29 heavy (non-hydrogen) atoms. The minimum atomic E-state index is -1.05. The molecule has 0 bridgehead atoms. The number of carboxylic acid groups (broad SMARTS) is 1. The summed E-state index contributed by atoms with van der Waals surface area (Å²) in [6.45, 7) is 5.97. The molecule has 1 aliphatic carbocycles. The Morgan fingerprint density at radius 1 is 1.10 bits per heavy atom. The van der Waals surface area contributed by atoms with E-state index in [0.29, 0.717) is 23.8 Å². The van der Waals surface area contributed by atoms with E-state index in [1.807, 2.05) is 30.3 Å². The van der Waals surface area contributed by atoms with E-state index in [-0.39, 0.29) is 0 Å². The summed E-state index contributed by atoms with van der Waals surface area (Å²) >= 11 is 0. The van der Waals surface area contributed by atoms with E-state index < -0.39 is 23.3 Å². The fourth-order valence-corrected chi connectivity index (χ4v) is 3.99. The number of hydrogen-bond donors (Lipinski definition) is 2. The highest BCUT2D eigenvalue weighted by atomic mass is 16.5. The predicted octanol–water partition coefficient (Wildman–Crippen LogP) is 5.03. The molecule has 0 unspecified atom stereocenters. The average molecular weight is 398 g/mol. The van der Waals surface area contributed by atoms with Crippen molar-refractivity contribution in [2.45, 2.75) is 58.9 Å². The van der Waals surface area contributed by atoms with Crippen molar-refractivity contribution >= 4 is 22.6 Å². The Morgan fingerprint density at radius 3 is 2.45 bits per heavy atom. The topological polar surface area (TPSA) is 75.6 Å². The van der Waals surface area contributed by atoms with E-state index >= 15 is 0 Å². The van der Waals surface area contributed by atoms with Crippen LogP contribution in [0.1, 0.15) is 63.2 Å². The van der Waals surface area contributed by atoms with Crippen LogP contribution in [-0.4, -0.2) is 29.6 Å². The standard InChI is InChI=1S/C24H31NO4/c1-24(2,3)21(23(27)28)25-22(26)19-14-13-17-11-7-8-12-18(17)20(19)29-15-16-9-5-4-6-10-16/h7-8,11-14,16,21H,4-6,9-10,15H2,1-3H3,(H,25,26)(H,27,28)/t21-/m1/s1. The summed E-state index contributed by atoms with van der Waals surface area (Å²) in [5, 5.41) is 14.1. The molecule has 0 radical (unpaired) electrons. The maximum Gasteiger partial charge on any atom is 0.326 e. The molecule has 0 heterocycles. The maximum absolute atomic E-state index is 13.1. The van der Waals surface area contributed by atoms with Crippen molar-refractivity contribution in [3.63, 3.8) is 0 Å². The van der Waals surface area contributed by atoms with E-state index in [9.17, 15) is 14.7 Å². The van der Waals surface area contributed by atoms with Crippen LogP contribution in [0.3, 0.4) is 0 Å². The number of amides is 1. The summed E-state index contributed by atoms with van der Waals surface area (Å²) in [4.78, 5) is 24.8. The van der Waals surface area contributed by atoms with Crippen LogP contribution >= 0.6 is 0 Å². The minimum absolute atomic E-state index is 0.384. The molecule has 1 amide bonds. The Morgan fingerprint density at radius 2 is 1.79 bits per heavy atom. The highest BCUT2D eigenvalue weighted by Crippen LogP contribution is 2.32. The largest absolute Gasteiger partial charge is 0.492 e. The van der Waals surface area contributed by atoms with Gasteiger partial charge >= 0.3 is 5.97 Å². The third-order valence-electron chi connectivity index (χ3n) is 5.70. The molecule has 0 aliphatic heterocycles. The quantitative estimate of drug-likeness (QED) is 0.717. The third-order valence-corrected chi connectivity index (χ3v) is 5.70. The van der Waals surface area contributed by atoms with Gasteiger partial charge in [0.2, 0.25) is 0 Å². The summed E-state index contributed by atoms with van der Waals surface area (Å²) < 4.78 is 6.23. The molecule has 5 nitrogen and oxygen atoms in total. The van der Waals surface area contributed by atoms with Crippen LogP contribution in [0.2, 0.25) is 0 Å². The number of hydrogen-bond acceptors (Lipinski definition) is 3. The Bertz CT molecular complexity index is 878. The smallest absolute Gasteiger partial charge is 0.326 e. The van der Waals surface area contributed by atoms with E-state index in [4.69, 9.17) is 4.74 Å². The van der Waals surface area contributed by atoms with Crippen molar-refractivity contribution in [2.75, 3.05) is 6.61 Å². The lowest BCUT2D eigenvalue weighted by molar-refractivity contribution is -0.142. The van der Waals surface area contributed by atoms with E-state index in [2.05, 4.69) is 5.32 Å². The lowest BCUT2D eigenvalue weighted by Crippen LogP contribution is -2.49. The van der Waals surface area contributed by atoms with E-state index in [1.165, 1.54) is 19.3 Å².